The van der Waals surface area contributed by atoms with E-state index >= 15 is 0 Å². The molecule has 2 atom stereocenters. The number of halogens is 2. The van der Waals surface area contributed by atoms with Gasteiger partial charge in [0.25, 0.3) is 0 Å². The minimum atomic E-state index is -0.352. The molecule has 0 spiro atoms. The lowest BCUT2D eigenvalue weighted by atomic mass is 10.1. The number of ether oxygens (including phenoxy) is 1. The number of nitriles is 1. The lowest BCUT2D eigenvalue weighted by Crippen LogP contribution is -2.43. The molecule has 3 nitrogen and oxygen atoms in total. The number of benzene rings is 1. The highest BCUT2D eigenvalue weighted by atomic mass is 79.9. The van der Waals surface area contributed by atoms with Crippen LogP contribution in [0.3, 0.4) is 0 Å². The van der Waals surface area contributed by atoms with Crippen LogP contribution < -0.4 is 4.90 Å². The molecule has 2 saturated heterocycles. The average Bonchev–Trinajstić information content (AvgIpc) is 2.71. The maximum Gasteiger partial charge on any atom is 0.161 e. The minimum Gasteiger partial charge on any atom is -0.371 e. The predicted molar refractivity (Wildman–Crippen MR) is 68.9 cm³/mol. The van der Waals surface area contributed by atoms with Gasteiger partial charge in [0, 0.05) is 13.1 Å². The number of anilines is 1. The molecular formula is C13H12BrFN2O. The zero-order chi connectivity index (χ0) is 12.7. The van der Waals surface area contributed by atoms with Gasteiger partial charge in [0.15, 0.2) is 5.82 Å². The van der Waals surface area contributed by atoms with Gasteiger partial charge in [-0.15, -0.1) is 0 Å². The van der Waals surface area contributed by atoms with Crippen molar-refractivity contribution in [3.8, 4) is 6.07 Å². The number of fused-ring (bicyclic) bond motifs is 2. The molecule has 2 aliphatic heterocycles. The fraction of sp³-hybridized carbons (Fsp3) is 0.462. The van der Waals surface area contributed by atoms with E-state index in [2.05, 4.69) is 15.9 Å². The molecule has 1 aromatic carbocycles. The molecule has 18 heavy (non-hydrogen) atoms. The van der Waals surface area contributed by atoms with E-state index in [0.717, 1.165) is 25.9 Å². The fourth-order valence-electron chi connectivity index (χ4n) is 2.68. The number of rotatable bonds is 1. The normalized spacial score (nSPS) is 26.2. The van der Waals surface area contributed by atoms with Crippen LogP contribution in [-0.4, -0.2) is 25.3 Å². The van der Waals surface area contributed by atoms with Crippen molar-refractivity contribution in [1.29, 1.82) is 5.26 Å². The average molecular weight is 311 g/mol. The van der Waals surface area contributed by atoms with E-state index in [9.17, 15) is 4.39 Å². The van der Waals surface area contributed by atoms with Crippen LogP contribution in [0, 0.1) is 17.1 Å². The van der Waals surface area contributed by atoms with E-state index in [-0.39, 0.29) is 22.5 Å². The van der Waals surface area contributed by atoms with Gasteiger partial charge in [-0.25, -0.2) is 4.39 Å². The monoisotopic (exact) mass is 310 g/mol. The number of morpholine rings is 1. The smallest absolute Gasteiger partial charge is 0.161 e. The Balaban J connectivity index is 1.93. The summed E-state index contributed by atoms with van der Waals surface area (Å²) in [5.74, 6) is -0.352. The zero-order valence-electron chi connectivity index (χ0n) is 9.70. The van der Waals surface area contributed by atoms with Crippen LogP contribution in [0.15, 0.2) is 16.6 Å². The Hall–Kier alpha value is -1.12. The van der Waals surface area contributed by atoms with Gasteiger partial charge in [0.1, 0.15) is 6.07 Å². The van der Waals surface area contributed by atoms with Gasteiger partial charge in [-0.3, -0.25) is 0 Å². The maximum absolute atomic E-state index is 14.2. The van der Waals surface area contributed by atoms with E-state index in [0.29, 0.717) is 11.3 Å². The van der Waals surface area contributed by atoms with Crippen LogP contribution >= 0.6 is 15.9 Å². The van der Waals surface area contributed by atoms with Crippen LogP contribution in [0.4, 0.5) is 10.1 Å². The second kappa shape index (κ2) is 4.52. The third kappa shape index (κ3) is 1.90. The second-order valence-electron chi connectivity index (χ2n) is 4.73. The molecular weight excluding hydrogens is 299 g/mol. The quantitative estimate of drug-likeness (QED) is 0.800. The van der Waals surface area contributed by atoms with Crippen LogP contribution in [0.25, 0.3) is 0 Å². The Morgan fingerprint density at radius 3 is 2.61 bits per heavy atom. The van der Waals surface area contributed by atoms with Crippen molar-refractivity contribution in [2.24, 2.45) is 0 Å². The summed E-state index contributed by atoms with van der Waals surface area (Å²) >= 11 is 3.15. The Bertz CT molecular complexity index is 516. The molecule has 94 valence electrons. The van der Waals surface area contributed by atoms with Gasteiger partial charge in [0.2, 0.25) is 0 Å². The number of nitrogens with zero attached hydrogens (tertiary/aromatic N) is 2. The molecule has 5 heteroatoms. The molecule has 0 aromatic heterocycles. The van der Waals surface area contributed by atoms with Gasteiger partial charge >= 0.3 is 0 Å². The summed E-state index contributed by atoms with van der Waals surface area (Å²) in [6.45, 7) is 1.46. The first-order chi connectivity index (χ1) is 8.69. The molecule has 2 unspecified atom stereocenters. The summed E-state index contributed by atoms with van der Waals surface area (Å²) in [7, 11) is 0. The highest BCUT2D eigenvalue weighted by Crippen LogP contribution is 2.34. The molecule has 2 fully saturated rings. The zero-order valence-corrected chi connectivity index (χ0v) is 11.3. The maximum atomic E-state index is 14.2. The van der Waals surface area contributed by atoms with E-state index in [1.54, 1.807) is 12.1 Å². The van der Waals surface area contributed by atoms with E-state index in [4.69, 9.17) is 10.00 Å². The first-order valence-electron chi connectivity index (χ1n) is 5.97. The summed E-state index contributed by atoms with van der Waals surface area (Å²) in [6, 6.07) is 5.30. The Morgan fingerprint density at radius 1 is 1.33 bits per heavy atom. The van der Waals surface area contributed by atoms with Crippen molar-refractivity contribution < 1.29 is 9.13 Å². The third-order valence-electron chi connectivity index (χ3n) is 3.57. The molecule has 1 aromatic rings. The number of hydrogen-bond acceptors (Lipinski definition) is 3. The molecule has 0 N–H and O–H groups in total. The highest BCUT2D eigenvalue weighted by molar-refractivity contribution is 9.10. The van der Waals surface area contributed by atoms with Crippen LogP contribution in [0.2, 0.25) is 0 Å². The highest BCUT2D eigenvalue weighted by Gasteiger charge is 2.34. The SMILES string of the molecule is N#Cc1ccc(N2CC3CCC(C2)O3)c(F)c1Br. The van der Waals surface area contributed by atoms with Crippen molar-refractivity contribution in [2.45, 2.75) is 25.0 Å². The van der Waals surface area contributed by atoms with Crippen molar-refractivity contribution in [3.05, 3.63) is 28.0 Å². The first-order valence-corrected chi connectivity index (χ1v) is 6.77. The Kier molecular flexibility index (Phi) is 3.00. The summed E-state index contributed by atoms with van der Waals surface area (Å²) in [4.78, 5) is 2.02. The Labute approximate surface area is 113 Å². The molecule has 2 bridgehead atoms. The summed E-state index contributed by atoms with van der Waals surface area (Å²) < 4.78 is 20.2. The molecule has 2 heterocycles. The first kappa shape index (κ1) is 11.9. The molecule has 0 saturated carbocycles. The second-order valence-corrected chi connectivity index (χ2v) is 5.53. The Morgan fingerprint density at radius 2 is 2.00 bits per heavy atom. The van der Waals surface area contributed by atoms with Gasteiger partial charge in [-0.2, -0.15) is 5.26 Å². The van der Waals surface area contributed by atoms with Crippen LogP contribution in [0.5, 0.6) is 0 Å². The van der Waals surface area contributed by atoms with Gasteiger partial charge < -0.3 is 9.64 Å². The van der Waals surface area contributed by atoms with E-state index in [1.807, 2.05) is 11.0 Å². The largest absolute Gasteiger partial charge is 0.371 e. The summed E-state index contributed by atoms with van der Waals surface area (Å²) in [5, 5.41) is 8.86. The van der Waals surface area contributed by atoms with E-state index in [1.165, 1.54) is 0 Å². The summed E-state index contributed by atoms with van der Waals surface area (Å²) in [5.41, 5.74) is 0.883. The van der Waals surface area contributed by atoms with Crippen LogP contribution in [-0.2, 0) is 4.74 Å². The fourth-order valence-corrected chi connectivity index (χ4v) is 3.11. The van der Waals surface area contributed by atoms with Crippen molar-refractivity contribution in [3.63, 3.8) is 0 Å². The molecule has 0 radical (unpaired) electrons. The number of hydrogen-bond donors (Lipinski definition) is 0. The van der Waals surface area contributed by atoms with Gasteiger partial charge in [-0.05, 0) is 40.9 Å². The van der Waals surface area contributed by atoms with Crippen molar-refractivity contribution >= 4 is 21.6 Å². The minimum absolute atomic E-state index is 0.220. The van der Waals surface area contributed by atoms with Crippen LogP contribution in [0.1, 0.15) is 18.4 Å². The van der Waals surface area contributed by atoms with Crippen molar-refractivity contribution in [1.82, 2.24) is 0 Å². The van der Waals surface area contributed by atoms with Gasteiger partial charge in [0.05, 0.1) is 27.9 Å². The van der Waals surface area contributed by atoms with Gasteiger partial charge in [-0.1, -0.05) is 0 Å². The molecule has 3 rings (SSSR count). The van der Waals surface area contributed by atoms with E-state index < -0.39 is 0 Å². The summed E-state index contributed by atoms with van der Waals surface area (Å²) in [6.07, 6.45) is 2.55. The predicted octanol–water partition coefficient (Wildman–Crippen LogP) is 2.83. The topological polar surface area (TPSA) is 36.3 Å². The lowest BCUT2D eigenvalue weighted by Gasteiger charge is -2.34. The molecule has 2 aliphatic rings. The molecule has 0 aliphatic carbocycles. The standard InChI is InChI=1S/C13H12BrFN2O/c14-12-8(5-16)1-4-11(13(12)15)17-6-9-2-3-10(7-17)18-9/h1,4,9-10H,2-3,6-7H2. The van der Waals surface area contributed by atoms with Crippen molar-refractivity contribution in [2.75, 3.05) is 18.0 Å². The molecule has 0 amide bonds. The lowest BCUT2D eigenvalue weighted by molar-refractivity contribution is 0.0303. The third-order valence-corrected chi connectivity index (χ3v) is 4.34.